The number of rotatable bonds is 4. The third-order valence-corrected chi connectivity index (χ3v) is 6.05. The lowest BCUT2D eigenvalue weighted by atomic mass is 9.95. The monoisotopic (exact) mass is 346 g/mol. The zero-order chi connectivity index (χ0) is 16.4. The number of benzene rings is 1. The number of aryl methyl sites for hydroxylation is 2. The molecule has 0 saturated carbocycles. The quantitative estimate of drug-likeness (QED) is 0.776. The van der Waals surface area contributed by atoms with Crippen molar-refractivity contribution in [2.45, 2.75) is 43.6 Å². The highest BCUT2D eigenvalue weighted by atomic mass is 35.5. The molecule has 1 aromatic rings. The topological polar surface area (TPSA) is 78.4 Å². The van der Waals surface area contributed by atoms with Gasteiger partial charge in [0.15, 0.2) is 0 Å². The summed E-state index contributed by atoms with van der Waals surface area (Å²) < 4.78 is 27.6. The molecule has 5 nitrogen and oxygen atoms in total. The molecule has 124 valence electrons. The van der Waals surface area contributed by atoms with E-state index in [9.17, 15) is 13.5 Å². The highest BCUT2D eigenvalue weighted by Gasteiger charge is 2.30. The summed E-state index contributed by atoms with van der Waals surface area (Å²) in [5, 5.41) is 14.3. The highest BCUT2D eigenvalue weighted by molar-refractivity contribution is 7.89. The van der Waals surface area contributed by atoms with E-state index in [0.29, 0.717) is 35.5 Å². The Bertz CT molecular complexity index is 638. The van der Waals surface area contributed by atoms with Crippen LogP contribution in [0.15, 0.2) is 17.0 Å². The maximum Gasteiger partial charge on any atom is 0.240 e. The first-order valence-corrected chi connectivity index (χ1v) is 9.29. The number of hydrogen-bond acceptors (Lipinski definition) is 4. The molecule has 0 radical (unpaired) electrons. The van der Waals surface area contributed by atoms with Crippen LogP contribution in [0.4, 0.5) is 0 Å². The van der Waals surface area contributed by atoms with Gasteiger partial charge in [-0.3, -0.25) is 0 Å². The van der Waals surface area contributed by atoms with Gasteiger partial charge in [0.2, 0.25) is 10.0 Å². The molecule has 1 aliphatic rings. The third kappa shape index (κ3) is 4.20. The van der Waals surface area contributed by atoms with Gasteiger partial charge in [-0.2, -0.15) is 0 Å². The van der Waals surface area contributed by atoms with Gasteiger partial charge in [-0.05, 0) is 69.5 Å². The first kappa shape index (κ1) is 17.7. The first-order chi connectivity index (χ1) is 10.2. The minimum absolute atomic E-state index is 0.0259. The standard InChI is InChI=1S/C15H23ClN2O3S/c1-11-9-14(12(2)8-13(11)16)22(20,21)18-10-15(19)4-3-6-17-7-5-15/h8-9,17-19H,3-7,10H2,1-2H3. The lowest BCUT2D eigenvalue weighted by Gasteiger charge is -2.26. The number of hydrogen-bond donors (Lipinski definition) is 3. The lowest BCUT2D eigenvalue weighted by Crippen LogP contribution is -2.43. The number of aliphatic hydroxyl groups is 1. The van der Waals surface area contributed by atoms with E-state index in [1.165, 1.54) is 0 Å². The van der Waals surface area contributed by atoms with E-state index < -0.39 is 15.6 Å². The number of sulfonamides is 1. The Labute approximate surface area is 137 Å². The van der Waals surface area contributed by atoms with Crippen LogP contribution in [-0.4, -0.2) is 38.8 Å². The molecule has 0 aromatic heterocycles. The van der Waals surface area contributed by atoms with Crippen LogP contribution in [0.3, 0.4) is 0 Å². The van der Waals surface area contributed by atoms with Crippen molar-refractivity contribution >= 4 is 21.6 Å². The SMILES string of the molecule is Cc1cc(S(=O)(=O)NCC2(O)CCCNCC2)c(C)cc1Cl. The van der Waals surface area contributed by atoms with Crippen molar-refractivity contribution in [2.75, 3.05) is 19.6 Å². The summed E-state index contributed by atoms with van der Waals surface area (Å²) in [6.07, 6.45) is 1.95. The predicted molar refractivity (Wildman–Crippen MR) is 87.8 cm³/mol. The van der Waals surface area contributed by atoms with E-state index in [0.717, 1.165) is 13.0 Å². The molecule has 1 unspecified atom stereocenters. The molecule has 1 aliphatic heterocycles. The van der Waals surface area contributed by atoms with Crippen LogP contribution in [0.25, 0.3) is 0 Å². The molecule has 1 atom stereocenters. The molecular weight excluding hydrogens is 324 g/mol. The first-order valence-electron chi connectivity index (χ1n) is 7.43. The Hall–Kier alpha value is -0.660. The van der Waals surface area contributed by atoms with Gasteiger partial charge in [0.05, 0.1) is 10.5 Å². The zero-order valence-electron chi connectivity index (χ0n) is 12.9. The minimum atomic E-state index is -3.67. The molecule has 0 aliphatic carbocycles. The van der Waals surface area contributed by atoms with Crippen molar-refractivity contribution in [2.24, 2.45) is 0 Å². The van der Waals surface area contributed by atoms with Crippen molar-refractivity contribution in [1.29, 1.82) is 0 Å². The third-order valence-electron chi connectivity index (χ3n) is 4.10. The van der Waals surface area contributed by atoms with Gasteiger partial charge in [0.25, 0.3) is 0 Å². The van der Waals surface area contributed by atoms with E-state index in [2.05, 4.69) is 10.0 Å². The van der Waals surface area contributed by atoms with Crippen LogP contribution in [0, 0.1) is 13.8 Å². The Morgan fingerprint density at radius 2 is 2.00 bits per heavy atom. The zero-order valence-corrected chi connectivity index (χ0v) is 14.5. The lowest BCUT2D eigenvalue weighted by molar-refractivity contribution is 0.0335. The van der Waals surface area contributed by atoms with E-state index in [1.807, 2.05) is 0 Å². The molecule has 1 heterocycles. The minimum Gasteiger partial charge on any atom is -0.388 e. The van der Waals surface area contributed by atoms with Crippen LogP contribution in [0.5, 0.6) is 0 Å². The fraction of sp³-hybridized carbons (Fsp3) is 0.600. The maximum atomic E-state index is 12.5. The normalized spacial score (nSPS) is 23.3. The Kier molecular flexibility index (Phi) is 5.50. The fourth-order valence-corrected chi connectivity index (χ4v) is 4.29. The molecule has 1 fully saturated rings. The number of halogens is 1. The highest BCUT2D eigenvalue weighted by Crippen LogP contribution is 2.25. The molecule has 3 N–H and O–H groups in total. The van der Waals surface area contributed by atoms with Crippen molar-refractivity contribution < 1.29 is 13.5 Å². The van der Waals surface area contributed by atoms with Crippen molar-refractivity contribution in [3.63, 3.8) is 0 Å². The molecule has 22 heavy (non-hydrogen) atoms. The Morgan fingerprint density at radius 1 is 1.27 bits per heavy atom. The largest absolute Gasteiger partial charge is 0.388 e. The second-order valence-corrected chi connectivity index (χ2v) is 8.16. The van der Waals surface area contributed by atoms with E-state index in [-0.39, 0.29) is 11.4 Å². The smallest absolute Gasteiger partial charge is 0.240 e. The van der Waals surface area contributed by atoms with Gasteiger partial charge in [-0.15, -0.1) is 0 Å². The summed E-state index contributed by atoms with van der Waals surface area (Å²) >= 11 is 6.01. The summed E-state index contributed by atoms with van der Waals surface area (Å²) in [6.45, 7) is 5.05. The average molecular weight is 347 g/mol. The summed E-state index contributed by atoms with van der Waals surface area (Å²) in [7, 11) is -3.67. The second kappa shape index (κ2) is 6.84. The van der Waals surface area contributed by atoms with Crippen LogP contribution in [0.2, 0.25) is 5.02 Å². The second-order valence-electron chi connectivity index (χ2n) is 6.02. The van der Waals surface area contributed by atoms with E-state index >= 15 is 0 Å². The van der Waals surface area contributed by atoms with Gasteiger partial charge in [-0.1, -0.05) is 11.6 Å². The summed E-state index contributed by atoms with van der Waals surface area (Å²) in [5.41, 5.74) is 0.314. The van der Waals surface area contributed by atoms with Crippen LogP contribution in [0.1, 0.15) is 30.4 Å². The molecular formula is C15H23ClN2O3S. The fourth-order valence-electron chi connectivity index (χ4n) is 2.64. The van der Waals surface area contributed by atoms with Gasteiger partial charge >= 0.3 is 0 Å². The van der Waals surface area contributed by atoms with Crippen molar-refractivity contribution in [1.82, 2.24) is 10.0 Å². The molecule has 0 spiro atoms. The summed E-state index contributed by atoms with van der Waals surface area (Å²) in [4.78, 5) is 0.213. The molecule has 7 heteroatoms. The predicted octanol–water partition coefficient (Wildman–Crippen LogP) is 1.74. The van der Waals surface area contributed by atoms with Crippen molar-refractivity contribution in [3.8, 4) is 0 Å². The van der Waals surface area contributed by atoms with Crippen molar-refractivity contribution in [3.05, 3.63) is 28.3 Å². The van der Waals surface area contributed by atoms with Crippen LogP contribution in [-0.2, 0) is 10.0 Å². The molecule has 0 amide bonds. The molecule has 2 rings (SSSR count). The van der Waals surface area contributed by atoms with Gasteiger partial charge in [0, 0.05) is 11.6 Å². The summed E-state index contributed by atoms with van der Waals surface area (Å²) in [5.74, 6) is 0. The average Bonchev–Trinajstić information content (AvgIpc) is 2.66. The van der Waals surface area contributed by atoms with E-state index in [1.54, 1.807) is 26.0 Å². The molecule has 0 bridgehead atoms. The Morgan fingerprint density at radius 3 is 2.73 bits per heavy atom. The maximum absolute atomic E-state index is 12.5. The number of nitrogens with one attached hydrogen (secondary N) is 2. The van der Waals surface area contributed by atoms with E-state index in [4.69, 9.17) is 11.6 Å². The Balaban J connectivity index is 2.16. The molecule has 1 aromatic carbocycles. The van der Waals surface area contributed by atoms with Gasteiger partial charge < -0.3 is 10.4 Å². The molecule has 1 saturated heterocycles. The van der Waals surface area contributed by atoms with Crippen LogP contribution < -0.4 is 10.0 Å². The van der Waals surface area contributed by atoms with Gasteiger partial charge in [-0.25, -0.2) is 13.1 Å². The van der Waals surface area contributed by atoms with Gasteiger partial charge in [0.1, 0.15) is 0 Å². The summed E-state index contributed by atoms with van der Waals surface area (Å²) in [6, 6.07) is 3.22. The van der Waals surface area contributed by atoms with Crippen LogP contribution >= 0.6 is 11.6 Å².